The monoisotopic (exact) mass is 362 g/mol. The number of rotatable bonds is 1. The molecule has 1 aromatic rings. The predicted octanol–water partition coefficient (Wildman–Crippen LogP) is 2.24. The number of hydrogen-bond acceptors (Lipinski definition) is 2. The molecule has 3 nitrogen and oxygen atoms in total. The van der Waals surface area contributed by atoms with Gasteiger partial charge in [0, 0.05) is 22.7 Å². The summed E-state index contributed by atoms with van der Waals surface area (Å²) in [5.41, 5.74) is 6.55. The Morgan fingerprint density at radius 3 is 2.89 bits per heavy atom. The van der Waals surface area contributed by atoms with Gasteiger partial charge in [0.25, 0.3) is 5.91 Å². The molecule has 2 rings (SSSR count). The standard InChI is InChI=1S/C13H16FIN2O/c1-8-4-5-17(7-12(8)16)13(18)10-3-2-9(14)6-11(10)15/h2-3,6,8,12H,4-5,7,16H2,1H3. The third-order valence-electron chi connectivity index (χ3n) is 3.47. The maximum atomic E-state index is 13.0. The molecule has 18 heavy (non-hydrogen) atoms. The van der Waals surface area contributed by atoms with E-state index in [-0.39, 0.29) is 17.8 Å². The van der Waals surface area contributed by atoms with Crippen molar-refractivity contribution in [1.82, 2.24) is 4.90 Å². The Labute approximate surface area is 120 Å². The molecule has 2 unspecified atom stereocenters. The number of nitrogens with zero attached hydrogens (tertiary/aromatic N) is 1. The third kappa shape index (κ3) is 2.83. The van der Waals surface area contributed by atoms with E-state index in [1.807, 2.05) is 22.6 Å². The summed E-state index contributed by atoms with van der Waals surface area (Å²) in [7, 11) is 0. The van der Waals surface area contributed by atoms with Crippen LogP contribution in [-0.4, -0.2) is 29.9 Å². The Morgan fingerprint density at radius 1 is 1.56 bits per heavy atom. The van der Waals surface area contributed by atoms with Crippen LogP contribution in [0.1, 0.15) is 23.7 Å². The molecule has 1 aliphatic heterocycles. The van der Waals surface area contributed by atoms with Crippen LogP contribution in [0.4, 0.5) is 4.39 Å². The van der Waals surface area contributed by atoms with E-state index >= 15 is 0 Å². The van der Waals surface area contributed by atoms with Gasteiger partial charge in [-0.25, -0.2) is 4.39 Å². The maximum Gasteiger partial charge on any atom is 0.254 e. The van der Waals surface area contributed by atoms with Crippen LogP contribution in [0.2, 0.25) is 0 Å². The normalized spacial score (nSPS) is 24.1. The average Bonchev–Trinajstić information content (AvgIpc) is 2.32. The minimum absolute atomic E-state index is 0.0285. The Kier molecular flexibility index (Phi) is 4.21. The lowest BCUT2D eigenvalue weighted by Crippen LogP contribution is -2.49. The van der Waals surface area contributed by atoms with Gasteiger partial charge >= 0.3 is 0 Å². The fourth-order valence-electron chi connectivity index (χ4n) is 2.12. The molecule has 2 atom stereocenters. The van der Waals surface area contributed by atoms with E-state index in [0.29, 0.717) is 21.6 Å². The molecule has 1 heterocycles. The minimum atomic E-state index is -0.320. The lowest BCUT2D eigenvalue weighted by molar-refractivity contribution is 0.0671. The number of benzene rings is 1. The lowest BCUT2D eigenvalue weighted by Gasteiger charge is -2.35. The van der Waals surface area contributed by atoms with Gasteiger partial charge in [0.2, 0.25) is 0 Å². The summed E-state index contributed by atoms with van der Waals surface area (Å²) in [6, 6.07) is 4.27. The van der Waals surface area contributed by atoms with E-state index in [0.717, 1.165) is 13.0 Å². The lowest BCUT2D eigenvalue weighted by atomic mass is 9.94. The van der Waals surface area contributed by atoms with Crippen molar-refractivity contribution in [3.63, 3.8) is 0 Å². The molecule has 2 N–H and O–H groups in total. The van der Waals surface area contributed by atoms with Crippen LogP contribution in [-0.2, 0) is 0 Å². The van der Waals surface area contributed by atoms with Gasteiger partial charge in [0.15, 0.2) is 0 Å². The van der Waals surface area contributed by atoms with Crippen LogP contribution in [0.3, 0.4) is 0 Å². The van der Waals surface area contributed by atoms with Gasteiger partial charge < -0.3 is 10.6 Å². The van der Waals surface area contributed by atoms with Crippen LogP contribution in [0.15, 0.2) is 18.2 Å². The summed E-state index contributed by atoms with van der Waals surface area (Å²) in [5.74, 6) is 0.0722. The molecule has 5 heteroatoms. The van der Waals surface area contributed by atoms with Gasteiger partial charge in [-0.05, 0) is 53.1 Å². The van der Waals surface area contributed by atoms with Crippen LogP contribution in [0.25, 0.3) is 0 Å². The van der Waals surface area contributed by atoms with Gasteiger partial charge in [-0.3, -0.25) is 4.79 Å². The number of hydrogen-bond donors (Lipinski definition) is 1. The Morgan fingerprint density at radius 2 is 2.28 bits per heavy atom. The minimum Gasteiger partial charge on any atom is -0.337 e. The second-order valence-electron chi connectivity index (χ2n) is 4.81. The molecule has 0 radical (unpaired) electrons. The quantitative estimate of drug-likeness (QED) is 0.779. The summed E-state index contributed by atoms with van der Waals surface area (Å²) in [5, 5.41) is 0. The number of likely N-dealkylation sites (tertiary alicyclic amines) is 1. The van der Waals surface area contributed by atoms with E-state index in [4.69, 9.17) is 5.73 Å². The smallest absolute Gasteiger partial charge is 0.254 e. The van der Waals surface area contributed by atoms with Crippen molar-refractivity contribution in [2.75, 3.05) is 13.1 Å². The second kappa shape index (κ2) is 5.52. The molecular formula is C13H16FIN2O. The van der Waals surface area contributed by atoms with Crippen molar-refractivity contribution < 1.29 is 9.18 Å². The van der Waals surface area contributed by atoms with Crippen molar-refractivity contribution in [3.05, 3.63) is 33.1 Å². The highest BCUT2D eigenvalue weighted by Gasteiger charge is 2.27. The first-order valence-corrected chi connectivity index (χ1v) is 7.07. The first-order valence-electron chi connectivity index (χ1n) is 5.99. The zero-order valence-electron chi connectivity index (χ0n) is 10.2. The molecule has 0 aliphatic carbocycles. The fraction of sp³-hybridized carbons (Fsp3) is 0.462. The van der Waals surface area contributed by atoms with Gasteiger partial charge in [0.05, 0.1) is 5.56 Å². The summed E-state index contributed by atoms with van der Waals surface area (Å²) in [6.07, 6.45) is 0.921. The fourth-order valence-corrected chi connectivity index (χ4v) is 2.82. The SMILES string of the molecule is CC1CCN(C(=O)c2ccc(F)cc2I)CC1N. The molecular weight excluding hydrogens is 346 g/mol. The zero-order valence-corrected chi connectivity index (χ0v) is 12.4. The molecule has 1 fully saturated rings. The molecule has 1 aromatic carbocycles. The third-order valence-corrected chi connectivity index (χ3v) is 4.36. The highest BCUT2D eigenvalue weighted by Crippen LogP contribution is 2.20. The first kappa shape index (κ1) is 13.7. The molecule has 0 saturated carbocycles. The average molecular weight is 362 g/mol. The molecule has 0 spiro atoms. The maximum absolute atomic E-state index is 13.0. The van der Waals surface area contributed by atoms with E-state index in [1.165, 1.54) is 12.1 Å². The van der Waals surface area contributed by atoms with Gasteiger partial charge in [-0.1, -0.05) is 6.92 Å². The van der Waals surface area contributed by atoms with Crippen LogP contribution in [0.5, 0.6) is 0 Å². The van der Waals surface area contributed by atoms with Crippen LogP contribution in [0, 0.1) is 15.3 Å². The number of halogens is 2. The van der Waals surface area contributed by atoms with E-state index < -0.39 is 0 Å². The van der Waals surface area contributed by atoms with Crippen molar-refractivity contribution in [3.8, 4) is 0 Å². The first-order chi connectivity index (χ1) is 8.49. The second-order valence-corrected chi connectivity index (χ2v) is 5.97. The molecule has 0 bridgehead atoms. The molecule has 0 aromatic heterocycles. The molecule has 1 saturated heterocycles. The van der Waals surface area contributed by atoms with Crippen molar-refractivity contribution in [2.45, 2.75) is 19.4 Å². The van der Waals surface area contributed by atoms with E-state index in [9.17, 15) is 9.18 Å². The number of carbonyl (C=O) groups excluding carboxylic acids is 1. The van der Waals surface area contributed by atoms with E-state index in [2.05, 4.69) is 6.92 Å². The number of piperidine rings is 1. The highest BCUT2D eigenvalue weighted by atomic mass is 127. The molecule has 98 valence electrons. The van der Waals surface area contributed by atoms with Gasteiger partial charge in [0.1, 0.15) is 5.82 Å². The van der Waals surface area contributed by atoms with Crippen molar-refractivity contribution in [1.29, 1.82) is 0 Å². The number of nitrogens with two attached hydrogens (primary N) is 1. The summed E-state index contributed by atoms with van der Waals surface area (Å²) < 4.78 is 13.7. The summed E-state index contributed by atoms with van der Waals surface area (Å²) in [6.45, 7) is 3.41. The van der Waals surface area contributed by atoms with Crippen LogP contribution < -0.4 is 5.73 Å². The van der Waals surface area contributed by atoms with Gasteiger partial charge in [-0.15, -0.1) is 0 Å². The topological polar surface area (TPSA) is 46.3 Å². The number of carbonyl (C=O) groups is 1. The van der Waals surface area contributed by atoms with E-state index in [1.54, 1.807) is 11.0 Å². The van der Waals surface area contributed by atoms with Crippen LogP contribution >= 0.6 is 22.6 Å². The summed E-state index contributed by atoms with van der Waals surface area (Å²) >= 11 is 1.99. The Hall–Kier alpha value is -0.690. The predicted molar refractivity (Wildman–Crippen MR) is 76.8 cm³/mol. The van der Waals surface area contributed by atoms with Crippen molar-refractivity contribution in [2.24, 2.45) is 11.7 Å². The van der Waals surface area contributed by atoms with Gasteiger partial charge in [-0.2, -0.15) is 0 Å². The Balaban J connectivity index is 2.16. The zero-order chi connectivity index (χ0) is 13.3. The largest absolute Gasteiger partial charge is 0.337 e. The highest BCUT2D eigenvalue weighted by molar-refractivity contribution is 14.1. The molecule has 1 aliphatic rings. The van der Waals surface area contributed by atoms with Crippen molar-refractivity contribution >= 4 is 28.5 Å². The molecule has 1 amide bonds. The number of amides is 1. The summed E-state index contributed by atoms with van der Waals surface area (Å²) in [4.78, 5) is 14.1. The Bertz CT molecular complexity index is 466.